The molecule has 4 nitrogen and oxygen atoms in total. The Labute approximate surface area is 105 Å². The highest BCUT2D eigenvalue weighted by molar-refractivity contribution is 5.80. The molecule has 1 atom stereocenters. The van der Waals surface area contributed by atoms with Gasteiger partial charge in [-0.05, 0) is 46.3 Å². The molecule has 1 saturated heterocycles. The summed E-state index contributed by atoms with van der Waals surface area (Å²) in [5.74, 6) is -0.132. The van der Waals surface area contributed by atoms with Gasteiger partial charge in [0.2, 0.25) is 0 Å². The third kappa shape index (κ3) is 4.28. The minimum absolute atomic E-state index is 0.132. The van der Waals surface area contributed by atoms with E-state index in [-0.39, 0.29) is 5.97 Å². The summed E-state index contributed by atoms with van der Waals surface area (Å²) in [5.41, 5.74) is -0.567. The van der Waals surface area contributed by atoms with Gasteiger partial charge < -0.3 is 15.0 Å². The van der Waals surface area contributed by atoms with Crippen LogP contribution in [0.5, 0.6) is 0 Å². The number of rotatable bonds is 6. The number of nitrogens with zero attached hydrogens (tertiary/aromatic N) is 1. The number of carbonyl (C=O) groups is 1. The fourth-order valence-corrected chi connectivity index (χ4v) is 2.44. The van der Waals surface area contributed by atoms with E-state index < -0.39 is 5.54 Å². The maximum atomic E-state index is 12.0. The van der Waals surface area contributed by atoms with Crippen LogP contribution in [0.1, 0.15) is 40.0 Å². The number of nitrogens with one attached hydrogen (secondary N) is 1. The van der Waals surface area contributed by atoms with Crippen molar-refractivity contribution in [3.63, 3.8) is 0 Å². The molecule has 100 valence electrons. The molecule has 0 aromatic carbocycles. The van der Waals surface area contributed by atoms with Gasteiger partial charge in [0.1, 0.15) is 5.54 Å². The van der Waals surface area contributed by atoms with E-state index >= 15 is 0 Å². The Kier molecular flexibility index (Phi) is 5.92. The van der Waals surface area contributed by atoms with Crippen LogP contribution in [0.25, 0.3) is 0 Å². The van der Waals surface area contributed by atoms with E-state index in [4.69, 9.17) is 4.74 Å². The van der Waals surface area contributed by atoms with E-state index in [1.54, 1.807) is 0 Å². The standard InChI is InChI=1S/C13H26N2O2/c1-4-14-13(3,12(16)17-5-2)11-15-9-7-6-8-10-15/h14H,4-11H2,1-3H3. The summed E-state index contributed by atoms with van der Waals surface area (Å²) in [6.45, 7) is 9.99. The maximum Gasteiger partial charge on any atom is 0.327 e. The van der Waals surface area contributed by atoms with Crippen LogP contribution in [0.4, 0.5) is 0 Å². The molecular weight excluding hydrogens is 216 g/mol. The van der Waals surface area contributed by atoms with Crippen LogP contribution in [-0.4, -0.2) is 49.2 Å². The van der Waals surface area contributed by atoms with Crippen LogP contribution in [0.15, 0.2) is 0 Å². The van der Waals surface area contributed by atoms with Gasteiger partial charge >= 0.3 is 5.97 Å². The summed E-state index contributed by atoms with van der Waals surface area (Å²) in [7, 11) is 0. The topological polar surface area (TPSA) is 41.6 Å². The lowest BCUT2D eigenvalue weighted by Crippen LogP contribution is -2.58. The van der Waals surface area contributed by atoms with Crippen LogP contribution in [-0.2, 0) is 9.53 Å². The average molecular weight is 242 g/mol. The summed E-state index contributed by atoms with van der Waals surface area (Å²) in [6.07, 6.45) is 3.80. The van der Waals surface area contributed by atoms with Gasteiger partial charge in [0, 0.05) is 6.54 Å². The minimum Gasteiger partial charge on any atom is -0.465 e. The summed E-state index contributed by atoms with van der Waals surface area (Å²) >= 11 is 0. The lowest BCUT2D eigenvalue weighted by molar-refractivity contribution is -0.151. The van der Waals surface area contributed by atoms with Crippen LogP contribution < -0.4 is 5.32 Å². The number of hydrogen-bond donors (Lipinski definition) is 1. The number of likely N-dealkylation sites (N-methyl/N-ethyl adjacent to an activating group) is 1. The van der Waals surface area contributed by atoms with Gasteiger partial charge in [-0.2, -0.15) is 0 Å². The van der Waals surface area contributed by atoms with Crippen molar-refractivity contribution in [1.29, 1.82) is 0 Å². The monoisotopic (exact) mass is 242 g/mol. The van der Waals surface area contributed by atoms with Crippen molar-refractivity contribution in [3.05, 3.63) is 0 Å². The number of hydrogen-bond acceptors (Lipinski definition) is 4. The number of likely N-dealkylation sites (tertiary alicyclic amines) is 1. The average Bonchev–Trinajstić information content (AvgIpc) is 2.31. The second-order valence-electron chi connectivity index (χ2n) is 4.92. The molecule has 0 aromatic heterocycles. The zero-order chi connectivity index (χ0) is 12.7. The zero-order valence-corrected chi connectivity index (χ0v) is 11.4. The summed E-state index contributed by atoms with van der Waals surface area (Å²) in [5, 5.41) is 3.27. The number of esters is 1. The van der Waals surface area contributed by atoms with E-state index in [0.29, 0.717) is 6.61 Å². The predicted molar refractivity (Wildman–Crippen MR) is 69.0 cm³/mol. The molecule has 1 N–H and O–H groups in total. The van der Waals surface area contributed by atoms with Crippen molar-refractivity contribution >= 4 is 5.97 Å². The molecule has 0 amide bonds. The molecule has 1 aliphatic rings. The Morgan fingerprint density at radius 3 is 2.47 bits per heavy atom. The quantitative estimate of drug-likeness (QED) is 0.715. The first-order valence-corrected chi connectivity index (χ1v) is 6.77. The fraction of sp³-hybridized carbons (Fsp3) is 0.923. The molecule has 17 heavy (non-hydrogen) atoms. The number of ether oxygens (including phenoxy) is 1. The van der Waals surface area contributed by atoms with Crippen molar-refractivity contribution in [2.24, 2.45) is 0 Å². The van der Waals surface area contributed by atoms with Gasteiger partial charge in [-0.1, -0.05) is 13.3 Å². The fourth-order valence-electron chi connectivity index (χ4n) is 2.44. The SMILES string of the molecule is CCNC(C)(CN1CCCCC1)C(=O)OCC. The highest BCUT2D eigenvalue weighted by Gasteiger charge is 2.35. The highest BCUT2D eigenvalue weighted by atomic mass is 16.5. The van der Waals surface area contributed by atoms with E-state index in [1.165, 1.54) is 19.3 Å². The van der Waals surface area contributed by atoms with Crippen molar-refractivity contribution in [2.75, 3.05) is 32.8 Å². The molecule has 1 fully saturated rings. The normalized spacial score (nSPS) is 20.9. The highest BCUT2D eigenvalue weighted by Crippen LogP contribution is 2.15. The van der Waals surface area contributed by atoms with E-state index in [0.717, 1.165) is 26.2 Å². The lowest BCUT2D eigenvalue weighted by atomic mass is 10.00. The lowest BCUT2D eigenvalue weighted by Gasteiger charge is -2.36. The van der Waals surface area contributed by atoms with E-state index in [9.17, 15) is 4.79 Å². The molecule has 1 rings (SSSR count). The first kappa shape index (κ1) is 14.5. The van der Waals surface area contributed by atoms with E-state index in [1.807, 2.05) is 20.8 Å². The molecule has 0 radical (unpaired) electrons. The van der Waals surface area contributed by atoms with Crippen LogP contribution in [0.3, 0.4) is 0 Å². The van der Waals surface area contributed by atoms with E-state index in [2.05, 4.69) is 10.2 Å². The molecular formula is C13H26N2O2. The second kappa shape index (κ2) is 6.97. The Bertz CT molecular complexity index is 240. The summed E-state index contributed by atoms with van der Waals surface area (Å²) in [6, 6.07) is 0. The van der Waals surface area contributed by atoms with Crippen molar-refractivity contribution in [1.82, 2.24) is 10.2 Å². The molecule has 0 spiro atoms. The van der Waals surface area contributed by atoms with Crippen molar-refractivity contribution in [2.45, 2.75) is 45.6 Å². The second-order valence-corrected chi connectivity index (χ2v) is 4.92. The first-order chi connectivity index (χ1) is 8.12. The molecule has 0 aromatic rings. The molecule has 1 heterocycles. The smallest absolute Gasteiger partial charge is 0.327 e. The molecule has 4 heteroatoms. The summed E-state index contributed by atoms with van der Waals surface area (Å²) in [4.78, 5) is 14.4. The Balaban J connectivity index is 2.58. The molecule has 1 unspecified atom stereocenters. The molecule has 0 saturated carbocycles. The minimum atomic E-state index is -0.567. The van der Waals surface area contributed by atoms with Gasteiger partial charge in [-0.3, -0.25) is 4.79 Å². The van der Waals surface area contributed by atoms with Gasteiger partial charge in [0.05, 0.1) is 6.61 Å². The molecule has 1 aliphatic heterocycles. The van der Waals surface area contributed by atoms with Crippen LogP contribution in [0.2, 0.25) is 0 Å². The summed E-state index contributed by atoms with van der Waals surface area (Å²) < 4.78 is 5.17. The predicted octanol–water partition coefficient (Wildman–Crippen LogP) is 1.40. The third-order valence-electron chi connectivity index (χ3n) is 3.28. The maximum absolute atomic E-state index is 12.0. The zero-order valence-electron chi connectivity index (χ0n) is 11.4. The Morgan fingerprint density at radius 1 is 1.29 bits per heavy atom. The number of carbonyl (C=O) groups excluding carboxylic acids is 1. The molecule has 0 bridgehead atoms. The van der Waals surface area contributed by atoms with Gasteiger partial charge in [-0.25, -0.2) is 0 Å². The van der Waals surface area contributed by atoms with Gasteiger partial charge in [0.15, 0.2) is 0 Å². The third-order valence-corrected chi connectivity index (χ3v) is 3.28. The first-order valence-electron chi connectivity index (χ1n) is 6.77. The Hall–Kier alpha value is -0.610. The van der Waals surface area contributed by atoms with Crippen molar-refractivity contribution < 1.29 is 9.53 Å². The van der Waals surface area contributed by atoms with Crippen LogP contribution in [0, 0.1) is 0 Å². The van der Waals surface area contributed by atoms with Gasteiger partial charge in [-0.15, -0.1) is 0 Å². The van der Waals surface area contributed by atoms with Crippen LogP contribution >= 0.6 is 0 Å². The molecule has 0 aliphatic carbocycles. The number of piperidine rings is 1. The Morgan fingerprint density at radius 2 is 1.94 bits per heavy atom. The largest absolute Gasteiger partial charge is 0.465 e. The van der Waals surface area contributed by atoms with Gasteiger partial charge in [0.25, 0.3) is 0 Å². The van der Waals surface area contributed by atoms with Crippen molar-refractivity contribution in [3.8, 4) is 0 Å².